The van der Waals surface area contributed by atoms with Crippen LogP contribution < -0.4 is 0 Å². The van der Waals surface area contributed by atoms with Gasteiger partial charge in [-0.3, -0.25) is 14.5 Å². The summed E-state index contributed by atoms with van der Waals surface area (Å²) in [6.45, 7) is 1.79. The molecule has 0 aromatic rings. The van der Waals surface area contributed by atoms with E-state index in [0.717, 1.165) is 0 Å². The van der Waals surface area contributed by atoms with Crippen molar-refractivity contribution < 1.29 is 14.7 Å². The van der Waals surface area contributed by atoms with Gasteiger partial charge in [0.25, 0.3) is 0 Å². The van der Waals surface area contributed by atoms with E-state index in [-0.39, 0.29) is 29.7 Å². The molecule has 0 aromatic carbocycles. The molecular formula is C9H15NO3S. The summed E-state index contributed by atoms with van der Waals surface area (Å²) < 4.78 is 0. The normalized spacial score (nSPS) is 21.5. The Morgan fingerprint density at radius 1 is 1.43 bits per heavy atom. The third-order valence-electron chi connectivity index (χ3n) is 2.52. The zero-order chi connectivity index (χ0) is 10.7. The Bertz CT molecular complexity index is 224. The summed E-state index contributed by atoms with van der Waals surface area (Å²) >= 11 is 1.47. The molecule has 2 unspecified atom stereocenters. The number of aliphatic hydroxyl groups is 1. The van der Waals surface area contributed by atoms with Crippen molar-refractivity contribution >= 4 is 23.6 Å². The fourth-order valence-electron chi connectivity index (χ4n) is 1.64. The lowest BCUT2D eigenvalue weighted by atomic mass is 10.2. The van der Waals surface area contributed by atoms with E-state index < -0.39 is 0 Å². The molecule has 1 aliphatic rings. The van der Waals surface area contributed by atoms with Gasteiger partial charge in [-0.15, -0.1) is 0 Å². The third-order valence-corrected chi connectivity index (χ3v) is 3.67. The van der Waals surface area contributed by atoms with Crippen LogP contribution in [0.5, 0.6) is 0 Å². The molecule has 1 fully saturated rings. The molecule has 0 spiro atoms. The van der Waals surface area contributed by atoms with Crippen LogP contribution in [0.4, 0.5) is 0 Å². The SMILES string of the molecule is CSC(CO)C(C)N1C(=O)CCC1=O. The van der Waals surface area contributed by atoms with Gasteiger partial charge in [0.05, 0.1) is 12.6 Å². The lowest BCUT2D eigenvalue weighted by Crippen LogP contribution is -2.44. The zero-order valence-electron chi connectivity index (χ0n) is 8.40. The molecular weight excluding hydrogens is 202 g/mol. The van der Waals surface area contributed by atoms with Gasteiger partial charge in [-0.1, -0.05) is 0 Å². The Morgan fingerprint density at radius 3 is 2.29 bits per heavy atom. The smallest absolute Gasteiger partial charge is 0.229 e. The van der Waals surface area contributed by atoms with Crippen LogP contribution >= 0.6 is 11.8 Å². The minimum absolute atomic E-state index is 0.0145. The van der Waals surface area contributed by atoms with Crippen molar-refractivity contribution in [1.82, 2.24) is 4.90 Å². The summed E-state index contributed by atoms with van der Waals surface area (Å²) in [5, 5.41) is 8.98. The third kappa shape index (κ3) is 2.09. The summed E-state index contributed by atoms with van der Waals surface area (Å²) in [5.74, 6) is -0.231. The quantitative estimate of drug-likeness (QED) is 0.686. The van der Waals surface area contributed by atoms with Crippen LogP contribution in [0.25, 0.3) is 0 Å². The highest BCUT2D eigenvalue weighted by Crippen LogP contribution is 2.22. The minimum atomic E-state index is -0.211. The maximum Gasteiger partial charge on any atom is 0.229 e. The van der Waals surface area contributed by atoms with E-state index in [0.29, 0.717) is 12.8 Å². The monoisotopic (exact) mass is 217 g/mol. The average molecular weight is 217 g/mol. The number of carbonyl (C=O) groups excluding carboxylic acids is 2. The molecule has 2 amide bonds. The number of rotatable bonds is 4. The van der Waals surface area contributed by atoms with Crippen LogP contribution in [-0.4, -0.2) is 46.0 Å². The van der Waals surface area contributed by atoms with Crippen LogP contribution in [0.3, 0.4) is 0 Å². The number of nitrogens with zero attached hydrogens (tertiary/aromatic N) is 1. The van der Waals surface area contributed by atoms with Crippen molar-refractivity contribution in [3.8, 4) is 0 Å². The Hall–Kier alpha value is -0.550. The van der Waals surface area contributed by atoms with E-state index in [1.54, 1.807) is 6.92 Å². The molecule has 1 rings (SSSR count). The number of hydrogen-bond acceptors (Lipinski definition) is 4. The standard InChI is InChI=1S/C9H15NO3S/c1-6(7(5-11)14-2)10-8(12)3-4-9(10)13/h6-7,11H,3-5H2,1-2H3. The molecule has 4 nitrogen and oxygen atoms in total. The van der Waals surface area contributed by atoms with Gasteiger partial charge >= 0.3 is 0 Å². The van der Waals surface area contributed by atoms with Crippen molar-refractivity contribution in [2.75, 3.05) is 12.9 Å². The van der Waals surface area contributed by atoms with Gasteiger partial charge < -0.3 is 5.11 Å². The highest BCUT2D eigenvalue weighted by Gasteiger charge is 2.35. The van der Waals surface area contributed by atoms with E-state index in [4.69, 9.17) is 5.11 Å². The second kappa shape index (κ2) is 4.79. The lowest BCUT2D eigenvalue weighted by Gasteiger charge is -2.27. The van der Waals surface area contributed by atoms with E-state index in [1.807, 2.05) is 6.26 Å². The van der Waals surface area contributed by atoms with Crippen LogP contribution in [0.15, 0.2) is 0 Å². The van der Waals surface area contributed by atoms with Crippen LogP contribution in [0.1, 0.15) is 19.8 Å². The first kappa shape index (κ1) is 11.5. The number of aliphatic hydroxyl groups excluding tert-OH is 1. The van der Waals surface area contributed by atoms with Gasteiger partial charge in [0.2, 0.25) is 11.8 Å². The molecule has 1 aliphatic heterocycles. The molecule has 14 heavy (non-hydrogen) atoms. The molecule has 0 radical (unpaired) electrons. The van der Waals surface area contributed by atoms with Crippen molar-refractivity contribution in [1.29, 1.82) is 0 Å². The van der Waals surface area contributed by atoms with Crippen molar-refractivity contribution in [2.24, 2.45) is 0 Å². The largest absolute Gasteiger partial charge is 0.395 e. The molecule has 1 saturated heterocycles. The molecule has 2 atom stereocenters. The fourth-order valence-corrected chi connectivity index (χ4v) is 2.30. The first-order valence-electron chi connectivity index (χ1n) is 4.60. The van der Waals surface area contributed by atoms with Crippen LogP contribution in [0, 0.1) is 0 Å². The summed E-state index contributed by atoms with van der Waals surface area (Å²) in [6.07, 6.45) is 2.49. The second-order valence-corrected chi connectivity index (χ2v) is 4.43. The minimum Gasteiger partial charge on any atom is -0.395 e. The van der Waals surface area contributed by atoms with Gasteiger partial charge in [-0.25, -0.2) is 0 Å². The van der Waals surface area contributed by atoms with Gasteiger partial charge in [-0.2, -0.15) is 11.8 Å². The molecule has 0 aromatic heterocycles. The number of carbonyl (C=O) groups is 2. The number of hydrogen-bond donors (Lipinski definition) is 1. The molecule has 0 saturated carbocycles. The summed E-state index contributed by atoms with van der Waals surface area (Å²) in [5.41, 5.74) is 0. The van der Waals surface area contributed by atoms with Crippen molar-refractivity contribution in [2.45, 2.75) is 31.1 Å². The predicted molar refractivity (Wildman–Crippen MR) is 54.9 cm³/mol. The fraction of sp³-hybridized carbons (Fsp3) is 0.778. The summed E-state index contributed by atoms with van der Waals surface area (Å²) in [6, 6.07) is -0.211. The molecule has 1 N–H and O–H groups in total. The number of imide groups is 1. The van der Waals surface area contributed by atoms with E-state index in [1.165, 1.54) is 16.7 Å². The maximum absolute atomic E-state index is 11.4. The zero-order valence-corrected chi connectivity index (χ0v) is 9.21. The molecule has 5 heteroatoms. The topological polar surface area (TPSA) is 57.6 Å². The molecule has 0 aliphatic carbocycles. The van der Waals surface area contributed by atoms with Gasteiger partial charge in [-0.05, 0) is 13.2 Å². The van der Waals surface area contributed by atoms with Crippen LogP contribution in [0.2, 0.25) is 0 Å². The van der Waals surface area contributed by atoms with E-state index in [2.05, 4.69) is 0 Å². The van der Waals surface area contributed by atoms with E-state index in [9.17, 15) is 9.59 Å². The predicted octanol–water partition coefficient (Wildman–Crippen LogP) is 0.248. The maximum atomic E-state index is 11.4. The number of likely N-dealkylation sites (tertiary alicyclic amines) is 1. The summed E-state index contributed by atoms with van der Waals surface area (Å²) in [7, 11) is 0. The molecule has 1 heterocycles. The Balaban J connectivity index is 2.71. The van der Waals surface area contributed by atoms with Gasteiger partial charge in [0.1, 0.15) is 0 Å². The van der Waals surface area contributed by atoms with Crippen molar-refractivity contribution in [3.05, 3.63) is 0 Å². The Morgan fingerprint density at radius 2 is 1.93 bits per heavy atom. The second-order valence-electron chi connectivity index (χ2n) is 3.35. The van der Waals surface area contributed by atoms with Gasteiger partial charge in [0, 0.05) is 18.1 Å². The highest BCUT2D eigenvalue weighted by atomic mass is 32.2. The first-order chi connectivity index (χ1) is 6.61. The van der Waals surface area contributed by atoms with E-state index >= 15 is 0 Å². The number of thioether (sulfide) groups is 1. The molecule has 0 bridgehead atoms. The highest BCUT2D eigenvalue weighted by molar-refractivity contribution is 7.99. The van der Waals surface area contributed by atoms with Gasteiger partial charge in [0.15, 0.2) is 0 Å². The Labute approximate surface area is 87.7 Å². The molecule has 80 valence electrons. The average Bonchev–Trinajstić information content (AvgIpc) is 2.48. The lowest BCUT2D eigenvalue weighted by molar-refractivity contribution is -0.140. The Kier molecular flexibility index (Phi) is 3.95. The summed E-state index contributed by atoms with van der Waals surface area (Å²) in [4.78, 5) is 24.0. The van der Waals surface area contributed by atoms with Crippen LogP contribution in [-0.2, 0) is 9.59 Å². The first-order valence-corrected chi connectivity index (χ1v) is 5.89. The van der Waals surface area contributed by atoms with Crippen molar-refractivity contribution in [3.63, 3.8) is 0 Å². The number of amides is 2.